The number of aromatic amines is 1. The standard InChI is InChI=1S/C10H8N2O3/c1-14-10(13)9-12-6-8(15-9)7-3-2-4-11-5-7/h2-6H,1H3/p+1. The predicted octanol–water partition coefficient (Wildman–Crippen LogP) is 0.942. The van der Waals surface area contributed by atoms with Crippen molar-refractivity contribution in [1.82, 2.24) is 4.98 Å². The van der Waals surface area contributed by atoms with Crippen molar-refractivity contribution >= 4 is 5.97 Å². The second kappa shape index (κ2) is 3.91. The van der Waals surface area contributed by atoms with Gasteiger partial charge < -0.3 is 9.15 Å². The fourth-order valence-electron chi connectivity index (χ4n) is 1.14. The van der Waals surface area contributed by atoms with Gasteiger partial charge in [-0.3, -0.25) is 0 Å². The number of ether oxygens (including phenoxy) is 1. The summed E-state index contributed by atoms with van der Waals surface area (Å²) in [7, 11) is 1.28. The highest BCUT2D eigenvalue weighted by molar-refractivity contribution is 5.84. The SMILES string of the molecule is COC(=O)c1ncc(-c2ccc[nH+]c2)o1. The van der Waals surface area contributed by atoms with Crippen LogP contribution >= 0.6 is 0 Å². The maximum absolute atomic E-state index is 11.1. The molecule has 2 heterocycles. The summed E-state index contributed by atoms with van der Waals surface area (Å²) in [6.45, 7) is 0. The van der Waals surface area contributed by atoms with E-state index in [0.717, 1.165) is 5.56 Å². The average Bonchev–Trinajstić information content (AvgIpc) is 2.78. The molecular formula is C10H9N2O3+. The molecule has 5 heteroatoms. The second-order valence-electron chi connectivity index (χ2n) is 2.81. The third kappa shape index (κ3) is 1.85. The van der Waals surface area contributed by atoms with Crippen LogP contribution in [-0.4, -0.2) is 18.1 Å². The molecule has 1 N–H and O–H groups in total. The zero-order valence-electron chi connectivity index (χ0n) is 8.06. The van der Waals surface area contributed by atoms with Crippen LogP contribution in [0, 0.1) is 0 Å². The number of H-pyrrole nitrogens is 1. The lowest BCUT2D eigenvalue weighted by atomic mass is 10.2. The molecule has 15 heavy (non-hydrogen) atoms. The number of rotatable bonds is 2. The van der Waals surface area contributed by atoms with E-state index >= 15 is 0 Å². The van der Waals surface area contributed by atoms with Crippen molar-refractivity contribution in [3.63, 3.8) is 0 Å². The molecule has 0 aromatic carbocycles. The fourth-order valence-corrected chi connectivity index (χ4v) is 1.14. The van der Waals surface area contributed by atoms with Crippen LogP contribution in [0.1, 0.15) is 10.7 Å². The first-order chi connectivity index (χ1) is 7.31. The quantitative estimate of drug-likeness (QED) is 0.684. The molecule has 0 aliphatic heterocycles. The molecule has 0 spiro atoms. The van der Waals surface area contributed by atoms with E-state index in [0.29, 0.717) is 5.76 Å². The van der Waals surface area contributed by atoms with Crippen molar-refractivity contribution < 1.29 is 18.9 Å². The van der Waals surface area contributed by atoms with Crippen LogP contribution in [0.4, 0.5) is 0 Å². The van der Waals surface area contributed by atoms with Gasteiger partial charge in [-0.15, -0.1) is 0 Å². The Bertz CT molecular complexity index is 465. The van der Waals surface area contributed by atoms with Gasteiger partial charge in [0.1, 0.15) is 0 Å². The van der Waals surface area contributed by atoms with Gasteiger partial charge in [-0.1, -0.05) is 0 Å². The molecule has 0 atom stereocenters. The molecule has 0 radical (unpaired) electrons. The zero-order valence-corrected chi connectivity index (χ0v) is 8.06. The van der Waals surface area contributed by atoms with Gasteiger partial charge >= 0.3 is 11.9 Å². The Balaban J connectivity index is 2.32. The third-order valence-electron chi connectivity index (χ3n) is 1.86. The number of carbonyl (C=O) groups excluding carboxylic acids is 1. The number of carbonyl (C=O) groups is 1. The van der Waals surface area contributed by atoms with Crippen LogP contribution in [0.5, 0.6) is 0 Å². The number of pyridine rings is 1. The highest BCUT2D eigenvalue weighted by Gasteiger charge is 2.14. The van der Waals surface area contributed by atoms with E-state index in [1.54, 1.807) is 12.4 Å². The van der Waals surface area contributed by atoms with E-state index in [4.69, 9.17) is 4.42 Å². The van der Waals surface area contributed by atoms with Crippen molar-refractivity contribution in [3.8, 4) is 11.3 Å². The number of hydrogen-bond acceptors (Lipinski definition) is 4. The van der Waals surface area contributed by atoms with Crippen LogP contribution in [0.15, 0.2) is 35.1 Å². The lowest BCUT2D eigenvalue weighted by Crippen LogP contribution is -2.00. The normalized spacial score (nSPS) is 9.93. The summed E-state index contributed by atoms with van der Waals surface area (Å²) in [6.07, 6.45) is 5.01. The minimum atomic E-state index is -0.582. The molecule has 76 valence electrons. The Labute approximate surface area is 85.7 Å². The number of aromatic nitrogens is 2. The summed E-state index contributed by atoms with van der Waals surface area (Å²) in [5.41, 5.74) is 0.820. The van der Waals surface area contributed by atoms with Crippen molar-refractivity contribution in [2.45, 2.75) is 0 Å². The Morgan fingerprint density at radius 3 is 3.13 bits per heavy atom. The topological polar surface area (TPSA) is 66.5 Å². The van der Waals surface area contributed by atoms with Gasteiger partial charge in [0.05, 0.1) is 18.9 Å². The fraction of sp³-hybridized carbons (Fsp3) is 0.100. The number of nitrogens with zero attached hydrogens (tertiary/aromatic N) is 1. The first-order valence-electron chi connectivity index (χ1n) is 4.32. The number of methoxy groups -OCH3 is 1. The molecule has 0 fully saturated rings. The summed E-state index contributed by atoms with van der Waals surface area (Å²) in [5.74, 6) is -0.107. The Hall–Kier alpha value is -2.17. The summed E-state index contributed by atoms with van der Waals surface area (Å²) in [5, 5.41) is 0. The Kier molecular flexibility index (Phi) is 2.45. The summed E-state index contributed by atoms with van der Waals surface area (Å²) < 4.78 is 9.70. The van der Waals surface area contributed by atoms with E-state index in [1.807, 2.05) is 12.1 Å². The summed E-state index contributed by atoms with van der Waals surface area (Å²) in [4.78, 5) is 17.8. The molecule has 2 aromatic rings. The number of esters is 1. The molecule has 0 unspecified atom stereocenters. The van der Waals surface area contributed by atoms with Crippen molar-refractivity contribution in [2.75, 3.05) is 7.11 Å². The first kappa shape index (κ1) is 9.39. The average molecular weight is 205 g/mol. The third-order valence-corrected chi connectivity index (χ3v) is 1.86. The van der Waals surface area contributed by atoms with E-state index in [2.05, 4.69) is 14.7 Å². The van der Waals surface area contributed by atoms with Gasteiger partial charge in [0.2, 0.25) is 0 Å². The van der Waals surface area contributed by atoms with E-state index in [9.17, 15) is 4.79 Å². The highest BCUT2D eigenvalue weighted by atomic mass is 16.5. The van der Waals surface area contributed by atoms with Gasteiger partial charge in [-0.2, -0.15) is 0 Å². The second-order valence-corrected chi connectivity index (χ2v) is 2.81. The molecule has 2 rings (SSSR count). The molecule has 0 bridgehead atoms. The van der Waals surface area contributed by atoms with Gasteiger partial charge in [-0.25, -0.2) is 14.8 Å². The van der Waals surface area contributed by atoms with E-state index in [-0.39, 0.29) is 5.89 Å². The summed E-state index contributed by atoms with van der Waals surface area (Å²) in [6, 6.07) is 3.67. The van der Waals surface area contributed by atoms with Gasteiger partial charge in [0.25, 0.3) is 0 Å². The Morgan fingerprint density at radius 1 is 1.60 bits per heavy atom. The zero-order chi connectivity index (χ0) is 10.7. The van der Waals surface area contributed by atoms with Crippen molar-refractivity contribution in [1.29, 1.82) is 0 Å². The molecule has 5 nitrogen and oxygen atoms in total. The van der Waals surface area contributed by atoms with Crippen molar-refractivity contribution in [2.24, 2.45) is 0 Å². The smallest absolute Gasteiger partial charge is 0.394 e. The van der Waals surface area contributed by atoms with Crippen LogP contribution < -0.4 is 4.98 Å². The molecule has 2 aromatic heterocycles. The lowest BCUT2D eigenvalue weighted by Gasteiger charge is -1.91. The monoisotopic (exact) mass is 205 g/mol. The maximum Gasteiger partial charge on any atom is 0.394 e. The largest absolute Gasteiger partial charge is 0.462 e. The molecule has 0 amide bonds. The number of nitrogens with one attached hydrogen (secondary N) is 1. The van der Waals surface area contributed by atoms with E-state index < -0.39 is 5.97 Å². The number of hydrogen-bond donors (Lipinski definition) is 0. The molecule has 0 aliphatic rings. The van der Waals surface area contributed by atoms with Crippen LogP contribution in [-0.2, 0) is 4.74 Å². The van der Waals surface area contributed by atoms with Crippen LogP contribution in [0.25, 0.3) is 11.3 Å². The Morgan fingerprint density at radius 2 is 2.47 bits per heavy atom. The van der Waals surface area contributed by atoms with Crippen LogP contribution in [0.2, 0.25) is 0 Å². The van der Waals surface area contributed by atoms with Gasteiger partial charge in [-0.05, 0) is 6.07 Å². The van der Waals surface area contributed by atoms with Gasteiger partial charge in [0, 0.05) is 6.07 Å². The highest BCUT2D eigenvalue weighted by Crippen LogP contribution is 2.18. The molecular weight excluding hydrogens is 196 g/mol. The molecule has 0 saturated carbocycles. The predicted molar refractivity (Wildman–Crippen MR) is 49.8 cm³/mol. The summed E-state index contributed by atoms with van der Waals surface area (Å²) >= 11 is 0. The van der Waals surface area contributed by atoms with E-state index in [1.165, 1.54) is 13.3 Å². The maximum atomic E-state index is 11.1. The number of oxazole rings is 1. The van der Waals surface area contributed by atoms with Crippen molar-refractivity contribution in [3.05, 3.63) is 36.6 Å². The first-order valence-corrected chi connectivity index (χ1v) is 4.32. The minimum Gasteiger partial charge on any atom is -0.462 e. The lowest BCUT2D eigenvalue weighted by molar-refractivity contribution is -0.377. The minimum absolute atomic E-state index is 0.0450. The van der Waals surface area contributed by atoms with Crippen LogP contribution in [0.3, 0.4) is 0 Å². The van der Waals surface area contributed by atoms with Gasteiger partial charge in [0.15, 0.2) is 18.2 Å². The molecule has 0 saturated heterocycles. The molecule has 0 aliphatic carbocycles.